The van der Waals surface area contributed by atoms with Crippen LogP contribution in [-0.4, -0.2) is 13.1 Å². The fraction of sp³-hybridized carbons (Fsp3) is 0.438. The van der Waals surface area contributed by atoms with Gasteiger partial charge in [0.15, 0.2) is 0 Å². The highest BCUT2D eigenvalue weighted by Crippen LogP contribution is 2.39. The molecule has 0 spiro atoms. The first-order chi connectivity index (χ1) is 8.70. The molecule has 0 radical (unpaired) electrons. The summed E-state index contributed by atoms with van der Waals surface area (Å²) in [6.45, 7) is 2.17. The fourth-order valence-corrected chi connectivity index (χ4v) is 2.73. The Bertz CT molecular complexity index is 434. The maximum Gasteiger partial charge on any atom is 0.305 e. The van der Waals surface area contributed by atoms with E-state index in [2.05, 4.69) is 37.3 Å². The number of allylic oxidation sites excluding steroid dienone is 2. The second-order valence-electron chi connectivity index (χ2n) is 5.05. The fourth-order valence-electron chi connectivity index (χ4n) is 2.73. The third-order valence-corrected chi connectivity index (χ3v) is 3.76. The van der Waals surface area contributed by atoms with Gasteiger partial charge in [-0.3, -0.25) is 4.79 Å². The molecule has 2 rings (SSSR count). The lowest BCUT2D eigenvalue weighted by atomic mass is 9.74. The summed E-state index contributed by atoms with van der Waals surface area (Å²) >= 11 is 0. The Morgan fingerprint density at radius 1 is 1.33 bits per heavy atom. The van der Waals surface area contributed by atoms with Crippen molar-refractivity contribution in [2.75, 3.05) is 7.11 Å². The van der Waals surface area contributed by atoms with Gasteiger partial charge in [0, 0.05) is 6.42 Å². The zero-order chi connectivity index (χ0) is 13.0. The number of benzene rings is 1. The average molecular weight is 244 g/mol. The first-order valence-electron chi connectivity index (χ1n) is 6.48. The molecule has 1 aromatic rings. The molecule has 0 saturated heterocycles. The largest absolute Gasteiger partial charge is 0.469 e. The van der Waals surface area contributed by atoms with Gasteiger partial charge in [0.1, 0.15) is 0 Å². The molecule has 2 nitrogen and oxygen atoms in total. The minimum atomic E-state index is -0.103. The Balaban J connectivity index is 2.18. The van der Waals surface area contributed by atoms with Crippen LogP contribution in [0.3, 0.4) is 0 Å². The van der Waals surface area contributed by atoms with Crippen LogP contribution in [-0.2, 0) is 9.53 Å². The van der Waals surface area contributed by atoms with Crippen LogP contribution in [0.2, 0.25) is 0 Å². The Labute approximate surface area is 109 Å². The van der Waals surface area contributed by atoms with Gasteiger partial charge >= 0.3 is 5.97 Å². The minimum Gasteiger partial charge on any atom is -0.469 e. The topological polar surface area (TPSA) is 26.3 Å². The van der Waals surface area contributed by atoms with E-state index >= 15 is 0 Å². The summed E-state index contributed by atoms with van der Waals surface area (Å²) in [4.78, 5) is 11.5. The Morgan fingerprint density at radius 3 is 2.72 bits per heavy atom. The number of hydrogen-bond acceptors (Lipinski definition) is 2. The Morgan fingerprint density at radius 2 is 2.06 bits per heavy atom. The third kappa shape index (κ3) is 3.00. The van der Waals surface area contributed by atoms with Crippen molar-refractivity contribution in [1.29, 1.82) is 0 Å². The molecule has 1 aliphatic rings. The minimum absolute atomic E-state index is 0.103. The van der Waals surface area contributed by atoms with E-state index in [1.54, 1.807) is 0 Å². The lowest BCUT2D eigenvalue weighted by molar-refractivity contribution is -0.141. The SMILES string of the molecule is COC(=O)CC1CC=C(C)CC1c1ccccc1. The molecule has 2 atom stereocenters. The van der Waals surface area contributed by atoms with Crippen molar-refractivity contribution in [2.24, 2.45) is 5.92 Å². The van der Waals surface area contributed by atoms with Gasteiger partial charge in [0.25, 0.3) is 0 Å². The van der Waals surface area contributed by atoms with E-state index in [1.807, 2.05) is 6.07 Å². The lowest BCUT2D eigenvalue weighted by Crippen LogP contribution is -2.20. The van der Waals surface area contributed by atoms with Crippen molar-refractivity contribution in [2.45, 2.75) is 32.1 Å². The van der Waals surface area contributed by atoms with Crippen molar-refractivity contribution >= 4 is 5.97 Å². The molecule has 96 valence electrons. The van der Waals surface area contributed by atoms with Gasteiger partial charge in [-0.15, -0.1) is 0 Å². The standard InChI is InChI=1S/C16H20O2/c1-12-8-9-14(11-16(17)18-2)15(10-12)13-6-4-3-5-7-13/h3-8,14-15H,9-11H2,1-2H3. The third-order valence-electron chi connectivity index (χ3n) is 3.76. The predicted octanol–water partition coefficient (Wildman–Crippen LogP) is 3.69. The van der Waals surface area contributed by atoms with E-state index in [0.717, 1.165) is 12.8 Å². The van der Waals surface area contributed by atoms with Crippen molar-refractivity contribution < 1.29 is 9.53 Å². The van der Waals surface area contributed by atoms with Crippen LogP contribution in [0.4, 0.5) is 0 Å². The molecule has 0 aromatic heterocycles. The van der Waals surface area contributed by atoms with Crippen molar-refractivity contribution in [3.63, 3.8) is 0 Å². The zero-order valence-electron chi connectivity index (χ0n) is 11.1. The van der Waals surface area contributed by atoms with Gasteiger partial charge in [-0.1, -0.05) is 42.0 Å². The lowest BCUT2D eigenvalue weighted by Gasteiger charge is -2.30. The summed E-state index contributed by atoms with van der Waals surface area (Å²) in [6, 6.07) is 10.5. The summed E-state index contributed by atoms with van der Waals surface area (Å²) in [5.74, 6) is 0.702. The van der Waals surface area contributed by atoms with Crippen LogP contribution in [0.1, 0.15) is 37.7 Å². The van der Waals surface area contributed by atoms with Gasteiger partial charge in [0.2, 0.25) is 0 Å². The zero-order valence-corrected chi connectivity index (χ0v) is 11.1. The number of hydrogen-bond donors (Lipinski definition) is 0. The van der Waals surface area contributed by atoms with Gasteiger partial charge in [0.05, 0.1) is 7.11 Å². The number of carbonyl (C=O) groups is 1. The molecule has 2 heteroatoms. The molecule has 1 aliphatic carbocycles. The summed E-state index contributed by atoms with van der Waals surface area (Å²) in [6.07, 6.45) is 4.79. The smallest absolute Gasteiger partial charge is 0.305 e. The molecule has 0 aliphatic heterocycles. The molecular weight excluding hydrogens is 224 g/mol. The first kappa shape index (κ1) is 12.9. The molecule has 0 amide bonds. The maximum atomic E-state index is 11.5. The van der Waals surface area contributed by atoms with Crippen LogP contribution in [0, 0.1) is 5.92 Å². The number of carbonyl (C=O) groups excluding carboxylic acids is 1. The highest BCUT2D eigenvalue weighted by atomic mass is 16.5. The highest BCUT2D eigenvalue weighted by molar-refractivity contribution is 5.69. The van der Waals surface area contributed by atoms with Crippen LogP contribution in [0.25, 0.3) is 0 Å². The van der Waals surface area contributed by atoms with Gasteiger partial charge in [-0.25, -0.2) is 0 Å². The molecule has 0 saturated carbocycles. The van der Waals surface area contributed by atoms with Crippen LogP contribution < -0.4 is 0 Å². The highest BCUT2D eigenvalue weighted by Gasteiger charge is 2.28. The van der Waals surface area contributed by atoms with Crippen molar-refractivity contribution in [3.8, 4) is 0 Å². The number of ether oxygens (including phenoxy) is 1. The van der Waals surface area contributed by atoms with E-state index in [9.17, 15) is 4.79 Å². The summed E-state index contributed by atoms with van der Waals surface area (Å²) in [7, 11) is 1.46. The van der Waals surface area contributed by atoms with Crippen LogP contribution in [0.15, 0.2) is 42.0 Å². The normalized spacial score (nSPS) is 23.3. The molecule has 0 fully saturated rings. The Kier molecular flexibility index (Phi) is 4.19. The van der Waals surface area contributed by atoms with E-state index in [1.165, 1.54) is 18.2 Å². The second-order valence-corrected chi connectivity index (χ2v) is 5.05. The van der Waals surface area contributed by atoms with Crippen LogP contribution >= 0.6 is 0 Å². The average Bonchev–Trinajstić information content (AvgIpc) is 2.41. The number of rotatable bonds is 3. The molecule has 0 bridgehead atoms. The maximum absolute atomic E-state index is 11.5. The van der Waals surface area contributed by atoms with Crippen molar-refractivity contribution in [1.82, 2.24) is 0 Å². The molecular formula is C16H20O2. The quantitative estimate of drug-likeness (QED) is 0.598. The monoisotopic (exact) mass is 244 g/mol. The van der Waals surface area contributed by atoms with Crippen molar-refractivity contribution in [3.05, 3.63) is 47.5 Å². The summed E-state index contributed by atoms with van der Waals surface area (Å²) in [5.41, 5.74) is 2.75. The number of methoxy groups -OCH3 is 1. The molecule has 0 heterocycles. The van der Waals surface area contributed by atoms with Gasteiger partial charge in [-0.2, -0.15) is 0 Å². The van der Waals surface area contributed by atoms with E-state index in [-0.39, 0.29) is 5.97 Å². The van der Waals surface area contributed by atoms with E-state index in [0.29, 0.717) is 18.3 Å². The van der Waals surface area contributed by atoms with Gasteiger partial charge in [-0.05, 0) is 37.2 Å². The van der Waals surface area contributed by atoms with Gasteiger partial charge < -0.3 is 4.74 Å². The summed E-state index contributed by atoms with van der Waals surface area (Å²) < 4.78 is 4.80. The molecule has 18 heavy (non-hydrogen) atoms. The van der Waals surface area contributed by atoms with Crippen LogP contribution in [0.5, 0.6) is 0 Å². The molecule has 0 N–H and O–H groups in total. The first-order valence-corrected chi connectivity index (χ1v) is 6.48. The summed E-state index contributed by atoms with van der Waals surface area (Å²) in [5, 5.41) is 0. The molecule has 2 unspecified atom stereocenters. The Hall–Kier alpha value is -1.57. The van der Waals surface area contributed by atoms with E-state index in [4.69, 9.17) is 4.74 Å². The van der Waals surface area contributed by atoms with E-state index < -0.39 is 0 Å². The number of esters is 1. The second kappa shape index (κ2) is 5.85. The predicted molar refractivity (Wildman–Crippen MR) is 72.3 cm³/mol. The molecule has 1 aromatic carbocycles.